The summed E-state index contributed by atoms with van der Waals surface area (Å²) in [6.45, 7) is 5.46. The van der Waals surface area contributed by atoms with Crippen LogP contribution in [0.4, 0.5) is 10.5 Å². The molecule has 1 fully saturated rings. The number of cyclic esters (lactones) is 1. The van der Waals surface area contributed by atoms with Crippen LogP contribution in [-0.2, 0) is 9.53 Å². The highest BCUT2D eigenvalue weighted by Crippen LogP contribution is 2.19. The number of anilines is 1. The van der Waals surface area contributed by atoms with Crippen LogP contribution in [0.2, 0.25) is 0 Å². The Bertz CT molecular complexity index is 494. The van der Waals surface area contributed by atoms with Gasteiger partial charge < -0.3 is 15.0 Å². The van der Waals surface area contributed by atoms with E-state index in [2.05, 4.69) is 5.32 Å². The normalized spacial score (nSPS) is 14.9. The summed E-state index contributed by atoms with van der Waals surface area (Å²) in [4.78, 5) is 25.0. The maximum absolute atomic E-state index is 12.0. The minimum atomic E-state index is -0.323. The van der Waals surface area contributed by atoms with Gasteiger partial charge in [-0.3, -0.25) is 4.79 Å². The topological polar surface area (TPSA) is 58.6 Å². The summed E-state index contributed by atoms with van der Waals surface area (Å²) >= 11 is 0. The van der Waals surface area contributed by atoms with E-state index in [-0.39, 0.29) is 18.4 Å². The van der Waals surface area contributed by atoms with E-state index in [1.165, 1.54) is 0 Å². The largest absolute Gasteiger partial charge is 0.449 e. The molecule has 0 spiro atoms. The molecule has 0 saturated carbocycles. The monoisotopic (exact) mass is 276 g/mol. The van der Waals surface area contributed by atoms with Gasteiger partial charge in [0.25, 0.3) is 0 Å². The van der Waals surface area contributed by atoms with Crippen LogP contribution in [0.15, 0.2) is 18.2 Å². The second-order valence-electron chi connectivity index (χ2n) is 5.02. The lowest BCUT2D eigenvalue weighted by Crippen LogP contribution is -2.39. The molecule has 0 atom stereocenters. The first kappa shape index (κ1) is 14.4. The molecule has 2 amide bonds. The first-order chi connectivity index (χ1) is 9.58. The van der Waals surface area contributed by atoms with Gasteiger partial charge in [-0.05, 0) is 31.4 Å². The molecule has 20 heavy (non-hydrogen) atoms. The fourth-order valence-electron chi connectivity index (χ4n) is 2.25. The van der Waals surface area contributed by atoms with E-state index >= 15 is 0 Å². The van der Waals surface area contributed by atoms with Crippen LogP contribution < -0.4 is 5.32 Å². The number of nitrogens with zero attached hydrogens (tertiary/aromatic N) is 1. The van der Waals surface area contributed by atoms with Crippen molar-refractivity contribution in [3.05, 3.63) is 29.3 Å². The Morgan fingerprint density at radius 1 is 1.35 bits per heavy atom. The van der Waals surface area contributed by atoms with E-state index < -0.39 is 0 Å². The quantitative estimate of drug-likeness (QED) is 0.919. The predicted molar refractivity (Wildman–Crippen MR) is 76.7 cm³/mol. The van der Waals surface area contributed by atoms with Crippen LogP contribution in [0.1, 0.15) is 24.0 Å². The SMILES string of the molecule is Cc1cccc(C)c1NC(=O)CCN1CCCOC1=O. The lowest BCUT2D eigenvalue weighted by molar-refractivity contribution is -0.116. The minimum absolute atomic E-state index is 0.0826. The van der Waals surface area contributed by atoms with Crippen molar-refractivity contribution in [1.29, 1.82) is 0 Å². The maximum Gasteiger partial charge on any atom is 0.409 e. The molecule has 0 aliphatic carbocycles. The molecule has 2 rings (SSSR count). The number of amides is 2. The van der Waals surface area contributed by atoms with Crippen molar-refractivity contribution in [1.82, 2.24) is 4.90 Å². The van der Waals surface area contributed by atoms with Crippen molar-refractivity contribution in [2.24, 2.45) is 0 Å². The van der Waals surface area contributed by atoms with Gasteiger partial charge in [-0.2, -0.15) is 0 Å². The zero-order valence-corrected chi connectivity index (χ0v) is 11.9. The van der Waals surface area contributed by atoms with Gasteiger partial charge in [0.1, 0.15) is 0 Å². The van der Waals surface area contributed by atoms with Gasteiger partial charge in [-0.15, -0.1) is 0 Å². The maximum atomic E-state index is 12.0. The number of rotatable bonds is 4. The van der Waals surface area contributed by atoms with Gasteiger partial charge in [-0.25, -0.2) is 4.79 Å². The Morgan fingerprint density at radius 2 is 2.05 bits per heavy atom. The number of para-hydroxylation sites is 1. The first-order valence-corrected chi connectivity index (χ1v) is 6.85. The summed E-state index contributed by atoms with van der Waals surface area (Å²) in [6.07, 6.45) is 0.781. The van der Waals surface area contributed by atoms with Crippen LogP contribution in [0.3, 0.4) is 0 Å². The Hall–Kier alpha value is -2.04. The molecular weight excluding hydrogens is 256 g/mol. The van der Waals surface area contributed by atoms with Crippen LogP contribution in [0.5, 0.6) is 0 Å². The van der Waals surface area contributed by atoms with E-state index in [1.54, 1.807) is 4.90 Å². The molecule has 5 heteroatoms. The molecule has 0 unspecified atom stereocenters. The van der Waals surface area contributed by atoms with Crippen molar-refractivity contribution in [3.63, 3.8) is 0 Å². The average molecular weight is 276 g/mol. The number of benzene rings is 1. The standard InChI is InChI=1S/C15H20N2O3/c1-11-5-3-6-12(2)14(11)16-13(18)7-9-17-8-4-10-20-15(17)19/h3,5-6H,4,7-10H2,1-2H3,(H,16,18). The van der Waals surface area contributed by atoms with Crippen molar-refractivity contribution < 1.29 is 14.3 Å². The number of nitrogens with one attached hydrogen (secondary N) is 1. The van der Waals surface area contributed by atoms with Crippen LogP contribution in [0, 0.1) is 13.8 Å². The van der Waals surface area contributed by atoms with E-state index in [0.29, 0.717) is 19.7 Å². The summed E-state index contributed by atoms with van der Waals surface area (Å²) in [5, 5.41) is 2.92. The number of hydrogen-bond donors (Lipinski definition) is 1. The number of aryl methyl sites for hydroxylation is 2. The van der Waals surface area contributed by atoms with Crippen molar-refractivity contribution in [2.75, 3.05) is 25.0 Å². The average Bonchev–Trinajstić information content (AvgIpc) is 2.42. The molecule has 1 aromatic rings. The summed E-state index contributed by atoms with van der Waals surface area (Å²) < 4.78 is 4.93. The molecule has 5 nitrogen and oxygen atoms in total. The van der Waals surface area contributed by atoms with Gasteiger partial charge >= 0.3 is 6.09 Å². The Balaban J connectivity index is 1.88. The van der Waals surface area contributed by atoms with Gasteiger partial charge in [-0.1, -0.05) is 18.2 Å². The summed E-state index contributed by atoms with van der Waals surface area (Å²) in [5.74, 6) is -0.0826. The molecule has 1 aliphatic rings. The summed E-state index contributed by atoms with van der Waals surface area (Å²) in [7, 11) is 0. The molecule has 0 radical (unpaired) electrons. The van der Waals surface area contributed by atoms with E-state index in [9.17, 15) is 9.59 Å². The second kappa shape index (κ2) is 6.41. The third-order valence-electron chi connectivity index (χ3n) is 3.41. The zero-order chi connectivity index (χ0) is 14.5. The van der Waals surface area contributed by atoms with Crippen molar-refractivity contribution >= 4 is 17.7 Å². The Morgan fingerprint density at radius 3 is 2.70 bits per heavy atom. The van der Waals surface area contributed by atoms with Gasteiger partial charge in [0, 0.05) is 25.2 Å². The molecule has 1 N–H and O–H groups in total. The molecule has 0 aromatic heterocycles. The summed E-state index contributed by atoms with van der Waals surface area (Å²) in [6, 6.07) is 5.89. The number of carbonyl (C=O) groups is 2. The molecular formula is C15H20N2O3. The fraction of sp³-hybridized carbons (Fsp3) is 0.467. The highest BCUT2D eigenvalue weighted by Gasteiger charge is 2.20. The Kier molecular flexibility index (Phi) is 4.61. The predicted octanol–water partition coefficient (Wildman–Crippen LogP) is 2.47. The molecule has 0 bridgehead atoms. The van der Waals surface area contributed by atoms with Gasteiger partial charge in [0.05, 0.1) is 6.61 Å². The highest BCUT2D eigenvalue weighted by molar-refractivity contribution is 5.92. The fourth-order valence-corrected chi connectivity index (χ4v) is 2.25. The van der Waals surface area contributed by atoms with E-state index in [4.69, 9.17) is 4.74 Å². The lowest BCUT2D eigenvalue weighted by atomic mass is 10.1. The van der Waals surface area contributed by atoms with Crippen LogP contribution in [-0.4, -0.2) is 36.6 Å². The second-order valence-corrected chi connectivity index (χ2v) is 5.02. The summed E-state index contributed by atoms with van der Waals surface area (Å²) in [5.41, 5.74) is 2.94. The number of hydrogen-bond acceptors (Lipinski definition) is 3. The highest BCUT2D eigenvalue weighted by atomic mass is 16.6. The van der Waals surface area contributed by atoms with E-state index in [0.717, 1.165) is 23.2 Å². The van der Waals surface area contributed by atoms with Crippen LogP contribution in [0.25, 0.3) is 0 Å². The molecule has 1 aromatic carbocycles. The lowest BCUT2D eigenvalue weighted by Gasteiger charge is -2.26. The minimum Gasteiger partial charge on any atom is -0.449 e. The Labute approximate surface area is 118 Å². The first-order valence-electron chi connectivity index (χ1n) is 6.85. The van der Waals surface area contributed by atoms with Gasteiger partial charge in [0.15, 0.2) is 0 Å². The van der Waals surface area contributed by atoms with Crippen molar-refractivity contribution in [3.8, 4) is 0 Å². The molecule has 1 saturated heterocycles. The smallest absolute Gasteiger partial charge is 0.409 e. The number of carbonyl (C=O) groups excluding carboxylic acids is 2. The van der Waals surface area contributed by atoms with Gasteiger partial charge in [0.2, 0.25) is 5.91 Å². The van der Waals surface area contributed by atoms with E-state index in [1.807, 2.05) is 32.0 Å². The molecule has 108 valence electrons. The number of ether oxygens (including phenoxy) is 1. The van der Waals surface area contributed by atoms with Crippen LogP contribution >= 0.6 is 0 Å². The third kappa shape index (κ3) is 3.50. The molecule has 1 aliphatic heterocycles. The molecule has 1 heterocycles. The third-order valence-corrected chi connectivity index (χ3v) is 3.41. The van der Waals surface area contributed by atoms with Crippen molar-refractivity contribution in [2.45, 2.75) is 26.7 Å². The zero-order valence-electron chi connectivity index (χ0n) is 11.9.